The van der Waals surface area contributed by atoms with Gasteiger partial charge in [-0.2, -0.15) is 11.8 Å². The smallest absolute Gasteiger partial charge is 0.164 e. The van der Waals surface area contributed by atoms with Crippen LogP contribution in [-0.2, 0) is 0 Å². The first-order valence-electron chi connectivity index (χ1n) is 5.73. The van der Waals surface area contributed by atoms with E-state index in [4.69, 9.17) is 0 Å². The molecule has 17 heavy (non-hydrogen) atoms. The van der Waals surface area contributed by atoms with Crippen molar-refractivity contribution in [2.45, 2.75) is 19.3 Å². The lowest BCUT2D eigenvalue weighted by Gasteiger charge is -2.20. The molecule has 0 bridgehead atoms. The number of hydrogen-bond donors (Lipinski definition) is 0. The summed E-state index contributed by atoms with van der Waals surface area (Å²) in [5.74, 6) is 3.30. The normalized spacial score (nSPS) is 17.1. The van der Waals surface area contributed by atoms with E-state index in [-0.39, 0.29) is 5.78 Å². The van der Waals surface area contributed by atoms with Crippen molar-refractivity contribution in [3.63, 3.8) is 0 Å². The van der Waals surface area contributed by atoms with Crippen LogP contribution in [0.15, 0.2) is 22.7 Å². The van der Waals surface area contributed by atoms with E-state index in [1.807, 2.05) is 30.0 Å². The summed E-state index contributed by atoms with van der Waals surface area (Å²) >= 11 is 7.72. The molecule has 2 rings (SSSR count). The zero-order valence-corrected chi connectivity index (χ0v) is 14.0. The Kier molecular flexibility index (Phi) is 5.36. The van der Waals surface area contributed by atoms with Crippen LogP contribution in [0.1, 0.15) is 29.6 Å². The van der Waals surface area contributed by atoms with Crippen molar-refractivity contribution in [2.24, 2.45) is 5.92 Å². The highest BCUT2D eigenvalue weighted by Gasteiger charge is 2.19. The minimum atomic E-state index is 0.285. The molecule has 0 spiro atoms. The molecule has 1 aromatic carbocycles. The lowest BCUT2D eigenvalue weighted by molar-refractivity contribution is 0.0958. The number of carbonyl (C=O) groups is 1. The summed E-state index contributed by atoms with van der Waals surface area (Å²) in [5.41, 5.74) is 0.843. The average Bonchev–Trinajstić information content (AvgIpc) is 2.33. The molecule has 1 heterocycles. The van der Waals surface area contributed by atoms with Crippen molar-refractivity contribution in [1.82, 2.24) is 0 Å². The van der Waals surface area contributed by atoms with E-state index in [2.05, 4.69) is 38.5 Å². The van der Waals surface area contributed by atoms with Gasteiger partial charge in [0.05, 0.1) is 0 Å². The van der Waals surface area contributed by atoms with Crippen LogP contribution in [-0.4, -0.2) is 17.3 Å². The minimum absolute atomic E-state index is 0.285. The van der Waals surface area contributed by atoms with Gasteiger partial charge in [0.25, 0.3) is 0 Å². The Hall–Kier alpha value is 0.450. The molecule has 1 aliphatic heterocycles. The van der Waals surface area contributed by atoms with E-state index in [1.165, 1.54) is 24.3 Å². The van der Waals surface area contributed by atoms with Crippen molar-refractivity contribution in [3.05, 3.63) is 31.8 Å². The number of halogens is 2. The third kappa shape index (κ3) is 3.96. The predicted octanol–water partition coefficient (Wildman–Crippen LogP) is 4.77. The van der Waals surface area contributed by atoms with Crippen molar-refractivity contribution < 1.29 is 4.79 Å². The summed E-state index contributed by atoms with van der Waals surface area (Å²) in [6.07, 6.45) is 3.09. The van der Waals surface area contributed by atoms with Gasteiger partial charge in [0.1, 0.15) is 0 Å². The van der Waals surface area contributed by atoms with E-state index in [0.717, 1.165) is 13.6 Å². The molecule has 0 amide bonds. The molecule has 1 saturated heterocycles. The van der Waals surface area contributed by atoms with Crippen LogP contribution in [0.2, 0.25) is 0 Å². The zero-order chi connectivity index (χ0) is 12.3. The van der Waals surface area contributed by atoms with E-state index >= 15 is 0 Å². The SMILES string of the molecule is O=C(CC1CCSCC1)c1cc(I)ccc1Br. The average molecular weight is 425 g/mol. The van der Waals surface area contributed by atoms with Crippen LogP contribution in [0.3, 0.4) is 0 Å². The summed E-state index contributed by atoms with van der Waals surface area (Å²) in [4.78, 5) is 12.2. The fourth-order valence-corrected chi connectivity index (χ4v) is 4.20. The van der Waals surface area contributed by atoms with Gasteiger partial charge >= 0.3 is 0 Å². The van der Waals surface area contributed by atoms with Crippen LogP contribution in [0, 0.1) is 9.49 Å². The highest BCUT2D eigenvalue weighted by molar-refractivity contribution is 14.1. The van der Waals surface area contributed by atoms with Crippen molar-refractivity contribution in [2.75, 3.05) is 11.5 Å². The van der Waals surface area contributed by atoms with Crippen LogP contribution < -0.4 is 0 Å². The van der Waals surface area contributed by atoms with Crippen LogP contribution >= 0.6 is 50.3 Å². The Morgan fingerprint density at radius 2 is 2.12 bits per heavy atom. The third-order valence-electron chi connectivity index (χ3n) is 3.04. The molecule has 0 unspecified atom stereocenters. The molecular formula is C13H14BrIOS. The maximum atomic E-state index is 12.2. The Balaban J connectivity index is 2.05. The van der Waals surface area contributed by atoms with Crippen LogP contribution in [0.4, 0.5) is 0 Å². The number of hydrogen-bond acceptors (Lipinski definition) is 2. The molecule has 0 aromatic heterocycles. The molecule has 0 N–H and O–H groups in total. The first-order valence-corrected chi connectivity index (χ1v) is 8.75. The number of rotatable bonds is 3. The molecule has 0 atom stereocenters. The van der Waals surface area contributed by atoms with Gasteiger partial charge in [0.15, 0.2) is 5.78 Å². The molecule has 1 fully saturated rings. The van der Waals surface area contributed by atoms with Gasteiger partial charge in [0, 0.05) is 20.0 Å². The maximum Gasteiger partial charge on any atom is 0.164 e. The van der Waals surface area contributed by atoms with Gasteiger partial charge in [-0.15, -0.1) is 0 Å². The second kappa shape index (κ2) is 6.57. The summed E-state index contributed by atoms with van der Waals surface area (Å²) < 4.78 is 2.04. The molecule has 0 radical (unpaired) electrons. The van der Waals surface area contributed by atoms with Crippen molar-refractivity contribution in [1.29, 1.82) is 0 Å². The van der Waals surface area contributed by atoms with Gasteiger partial charge in [-0.05, 0) is 71.1 Å². The van der Waals surface area contributed by atoms with Crippen LogP contribution in [0.5, 0.6) is 0 Å². The quantitative estimate of drug-likeness (QED) is 0.513. The lowest BCUT2D eigenvalue weighted by Crippen LogP contribution is -2.14. The van der Waals surface area contributed by atoms with Crippen molar-refractivity contribution in [3.8, 4) is 0 Å². The van der Waals surface area contributed by atoms with Gasteiger partial charge in [-0.25, -0.2) is 0 Å². The fraction of sp³-hybridized carbons (Fsp3) is 0.462. The second-order valence-electron chi connectivity index (χ2n) is 4.31. The Morgan fingerprint density at radius 1 is 1.41 bits per heavy atom. The molecule has 0 aliphatic carbocycles. The molecule has 92 valence electrons. The van der Waals surface area contributed by atoms with Crippen molar-refractivity contribution >= 4 is 56.1 Å². The number of carbonyl (C=O) groups excluding carboxylic acids is 1. The van der Waals surface area contributed by atoms with E-state index in [0.29, 0.717) is 12.3 Å². The Morgan fingerprint density at radius 3 is 2.82 bits per heavy atom. The molecular weight excluding hydrogens is 411 g/mol. The van der Waals surface area contributed by atoms with E-state index < -0.39 is 0 Å². The number of benzene rings is 1. The summed E-state index contributed by atoms with van der Waals surface area (Å²) in [6.45, 7) is 0. The molecule has 0 saturated carbocycles. The van der Waals surface area contributed by atoms with E-state index in [1.54, 1.807) is 0 Å². The number of Topliss-reactive ketones (excluding diaryl/α,β-unsaturated/α-hetero) is 1. The molecule has 1 nitrogen and oxygen atoms in total. The van der Waals surface area contributed by atoms with Gasteiger partial charge < -0.3 is 0 Å². The van der Waals surface area contributed by atoms with Crippen LogP contribution in [0.25, 0.3) is 0 Å². The first-order chi connectivity index (χ1) is 8.16. The fourth-order valence-electron chi connectivity index (χ4n) is 2.03. The second-order valence-corrected chi connectivity index (χ2v) is 7.63. The highest BCUT2D eigenvalue weighted by Crippen LogP contribution is 2.28. The monoisotopic (exact) mass is 424 g/mol. The third-order valence-corrected chi connectivity index (χ3v) is 5.46. The highest BCUT2D eigenvalue weighted by atomic mass is 127. The molecule has 1 aromatic rings. The Labute approximate surface area is 128 Å². The Bertz CT molecular complexity index is 416. The lowest BCUT2D eigenvalue weighted by atomic mass is 9.93. The largest absolute Gasteiger partial charge is 0.294 e. The maximum absolute atomic E-state index is 12.2. The van der Waals surface area contributed by atoms with Gasteiger partial charge in [-0.1, -0.05) is 15.9 Å². The summed E-state index contributed by atoms with van der Waals surface area (Å²) in [5, 5.41) is 0. The standard InChI is InChI=1S/C13H14BrIOS/c14-12-2-1-10(15)8-11(12)13(16)7-9-3-5-17-6-4-9/h1-2,8-9H,3-7H2. The summed E-state index contributed by atoms with van der Waals surface area (Å²) in [6, 6.07) is 5.95. The van der Waals surface area contributed by atoms with Gasteiger partial charge in [-0.3, -0.25) is 4.79 Å². The predicted molar refractivity (Wildman–Crippen MR) is 85.9 cm³/mol. The van der Waals surface area contributed by atoms with E-state index in [9.17, 15) is 4.79 Å². The first kappa shape index (κ1) is 13.9. The topological polar surface area (TPSA) is 17.1 Å². The van der Waals surface area contributed by atoms with Gasteiger partial charge in [0.2, 0.25) is 0 Å². The minimum Gasteiger partial charge on any atom is -0.294 e. The molecule has 1 aliphatic rings. The zero-order valence-electron chi connectivity index (χ0n) is 9.42. The molecule has 4 heteroatoms. The number of thioether (sulfide) groups is 1. The summed E-state index contributed by atoms with van der Waals surface area (Å²) in [7, 11) is 0. The number of ketones is 1.